The Balaban J connectivity index is 1.81. The Bertz CT molecular complexity index is 2050. The first-order chi connectivity index (χ1) is 23.2. The summed E-state index contributed by atoms with van der Waals surface area (Å²) < 4.78 is 40.1. The number of carbonyl (C=O) groups is 1. The van der Waals surface area contributed by atoms with Crippen molar-refractivity contribution in [2.45, 2.75) is 65.0 Å². The number of carbonyl (C=O) groups excluding carboxylic acids is 1. The van der Waals surface area contributed by atoms with Gasteiger partial charge in [-0.25, -0.2) is 18.7 Å². The lowest BCUT2D eigenvalue weighted by Gasteiger charge is -2.45. The zero-order valence-electron chi connectivity index (χ0n) is 27.6. The van der Waals surface area contributed by atoms with Crippen LogP contribution in [0.2, 0.25) is 15.1 Å². The molecule has 49 heavy (non-hydrogen) atoms. The molecule has 258 valence electrons. The van der Waals surface area contributed by atoms with Crippen LogP contribution in [0.3, 0.4) is 0 Å². The molecule has 4 aromatic rings. The number of nitrogens with two attached hydrogens (primary N) is 1. The highest BCUT2D eigenvalue weighted by molar-refractivity contribution is 6.40. The van der Waals surface area contributed by atoms with Crippen molar-refractivity contribution in [1.82, 2.24) is 19.4 Å². The van der Waals surface area contributed by atoms with E-state index < -0.39 is 28.3 Å². The minimum Gasteiger partial charge on any atom is -0.486 e. The lowest BCUT2D eigenvalue weighted by atomic mass is 9.96. The standard InChI is InChI=1S/C35H35Cl3F2N6O3/c1-7-23(47)44-13-18-8-9-49-34-32(45(18)12-17(44)6)19-10-22(39)24(25-27(40)20(36)11-21(37)28(25)41)26(38)31(19)46(35(34)48)33-29(15(2)3)42-14-43-30(33)16(4)5/h7,10-11,14-18H,1,8-9,12-13,41H2,2-6H3. The normalized spacial score (nSPS) is 17.6. The number of rotatable bonds is 5. The summed E-state index contributed by atoms with van der Waals surface area (Å²) in [6, 6.07) is 1.74. The molecule has 0 saturated carbocycles. The van der Waals surface area contributed by atoms with Crippen molar-refractivity contribution >= 4 is 63.0 Å². The van der Waals surface area contributed by atoms with Gasteiger partial charge < -0.3 is 20.3 Å². The third kappa shape index (κ3) is 5.60. The summed E-state index contributed by atoms with van der Waals surface area (Å²) in [5, 5.41) is -0.568. The fourth-order valence-corrected chi connectivity index (χ4v) is 7.74. The number of amides is 1. The topological polar surface area (TPSA) is 107 Å². The van der Waals surface area contributed by atoms with Gasteiger partial charge in [0.1, 0.15) is 12.1 Å². The summed E-state index contributed by atoms with van der Waals surface area (Å²) >= 11 is 19.7. The summed E-state index contributed by atoms with van der Waals surface area (Å²) in [7, 11) is 0. The molecule has 1 amide bonds. The number of nitrogens with zero attached hydrogens (tertiary/aromatic N) is 5. The second kappa shape index (κ2) is 13.1. The molecule has 14 heteroatoms. The summed E-state index contributed by atoms with van der Waals surface area (Å²) in [5.41, 5.74) is 6.35. The fraction of sp³-hybridized carbons (Fsp3) is 0.371. The van der Waals surface area contributed by atoms with E-state index in [-0.39, 0.29) is 73.8 Å². The first-order valence-corrected chi connectivity index (χ1v) is 17.0. The van der Waals surface area contributed by atoms with Crippen molar-refractivity contribution in [1.29, 1.82) is 0 Å². The molecular weight excluding hydrogens is 697 g/mol. The number of halogens is 5. The molecule has 2 N–H and O–H groups in total. The molecular formula is C35H35Cl3F2N6O3. The summed E-state index contributed by atoms with van der Waals surface area (Å²) in [6.07, 6.45) is 3.17. The lowest BCUT2D eigenvalue weighted by Crippen LogP contribution is -2.59. The predicted octanol–water partition coefficient (Wildman–Crippen LogP) is 7.89. The van der Waals surface area contributed by atoms with Gasteiger partial charge in [-0.05, 0) is 37.0 Å². The molecule has 1 saturated heterocycles. The van der Waals surface area contributed by atoms with Crippen molar-refractivity contribution in [3.05, 3.63) is 79.6 Å². The van der Waals surface area contributed by atoms with Gasteiger partial charge in [0.2, 0.25) is 11.7 Å². The minimum atomic E-state index is -1.03. The maximum Gasteiger partial charge on any atom is 0.300 e. The van der Waals surface area contributed by atoms with E-state index in [1.165, 1.54) is 23.0 Å². The number of hydrogen-bond acceptors (Lipinski definition) is 7. The number of ether oxygens (including phenoxy) is 1. The van der Waals surface area contributed by atoms with Crippen LogP contribution in [0.4, 0.5) is 20.2 Å². The number of aromatic nitrogens is 3. The highest BCUT2D eigenvalue weighted by atomic mass is 35.5. The summed E-state index contributed by atoms with van der Waals surface area (Å²) in [5.74, 6) is -2.56. The van der Waals surface area contributed by atoms with E-state index in [2.05, 4.69) is 16.5 Å². The SMILES string of the molecule is C=CC(=O)N1CC2CCOc3c(c4cc(F)c(-c5c(N)c(Cl)cc(Cl)c5F)c(Cl)c4n(-c4c(C(C)C)ncnc4C(C)C)c3=O)N2CC1C. The minimum absolute atomic E-state index is 0.0151. The van der Waals surface area contributed by atoms with Gasteiger partial charge in [0.25, 0.3) is 5.56 Å². The Morgan fingerprint density at radius 3 is 2.31 bits per heavy atom. The molecule has 2 aliphatic heterocycles. The molecule has 2 unspecified atom stereocenters. The zero-order valence-corrected chi connectivity index (χ0v) is 29.9. The van der Waals surface area contributed by atoms with E-state index in [4.69, 9.17) is 45.3 Å². The van der Waals surface area contributed by atoms with Gasteiger partial charge in [0.15, 0.2) is 5.82 Å². The molecule has 0 spiro atoms. The Hall–Kier alpha value is -3.93. The van der Waals surface area contributed by atoms with Crippen molar-refractivity contribution in [2.75, 3.05) is 30.3 Å². The second-order valence-corrected chi connectivity index (χ2v) is 14.2. The molecule has 2 aliphatic rings. The number of fused-ring (bicyclic) bond motifs is 5. The van der Waals surface area contributed by atoms with E-state index in [1.807, 2.05) is 39.5 Å². The third-order valence-electron chi connectivity index (χ3n) is 9.22. The highest BCUT2D eigenvalue weighted by Gasteiger charge is 2.40. The van der Waals surface area contributed by atoms with Gasteiger partial charge in [-0.15, -0.1) is 0 Å². The molecule has 2 atom stereocenters. The maximum absolute atomic E-state index is 16.7. The Labute approximate surface area is 297 Å². The fourth-order valence-electron chi connectivity index (χ4n) is 6.91. The lowest BCUT2D eigenvalue weighted by molar-refractivity contribution is -0.128. The molecule has 1 fully saturated rings. The predicted molar refractivity (Wildman–Crippen MR) is 191 cm³/mol. The Kier molecular flexibility index (Phi) is 9.32. The summed E-state index contributed by atoms with van der Waals surface area (Å²) in [4.78, 5) is 40.6. The van der Waals surface area contributed by atoms with Crippen LogP contribution in [0.15, 0.2) is 35.9 Å². The van der Waals surface area contributed by atoms with Gasteiger partial charge in [-0.2, -0.15) is 0 Å². The van der Waals surface area contributed by atoms with Crippen LogP contribution in [-0.2, 0) is 4.79 Å². The Morgan fingerprint density at radius 2 is 1.69 bits per heavy atom. The van der Waals surface area contributed by atoms with Crippen LogP contribution < -0.4 is 20.9 Å². The van der Waals surface area contributed by atoms with Gasteiger partial charge in [-0.1, -0.05) is 69.1 Å². The van der Waals surface area contributed by atoms with E-state index in [1.54, 1.807) is 4.90 Å². The van der Waals surface area contributed by atoms with E-state index in [0.717, 1.165) is 6.07 Å². The molecule has 0 aliphatic carbocycles. The van der Waals surface area contributed by atoms with Crippen LogP contribution in [-0.4, -0.2) is 57.1 Å². The van der Waals surface area contributed by atoms with E-state index in [0.29, 0.717) is 42.3 Å². The van der Waals surface area contributed by atoms with Gasteiger partial charge in [0, 0.05) is 42.1 Å². The molecule has 0 radical (unpaired) electrons. The molecule has 2 aromatic carbocycles. The van der Waals surface area contributed by atoms with Crippen molar-refractivity contribution in [3.8, 4) is 22.6 Å². The average molecular weight is 732 g/mol. The van der Waals surface area contributed by atoms with Gasteiger partial charge in [0.05, 0.1) is 61.7 Å². The van der Waals surface area contributed by atoms with Crippen LogP contribution in [0, 0.1) is 11.6 Å². The molecule has 6 rings (SSSR count). The average Bonchev–Trinajstić information content (AvgIpc) is 3.24. The highest BCUT2D eigenvalue weighted by Crippen LogP contribution is 2.49. The van der Waals surface area contributed by atoms with Crippen molar-refractivity contribution in [2.24, 2.45) is 0 Å². The van der Waals surface area contributed by atoms with Crippen LogP contribution in [0.5, 0.6) is 5.75 Å². The quantitative estimate of drug-likeness (QED) is 0.126. The zero-order chi connectivity index (χ0) is 35.6. The van der Waals surface area contributed by atoms with Crippen molar-refractivity contribution < 1.29 is 18.3 Å². The van der Waals surface area contributed by atoms with E-state index >= 15 is 13.6 Å². The molecule has 9 nitrogen and oxygen atoms in total. The first-order valence-electron chi connectivity index (χ1n) is 15.9. The Morgan fingerprint density at radius 1 is 1.04 bits per heavy atom. The van der Waals surface area contributed by atoms with Gasteiger partial charge >= 0.3 is 0 Å². The number of pyridine rings is 1. The summed E-state index contributed by atoms with van der Waals surface area (Å²) in [6.45, 7) is 14.0. The number of nitrogen functional groups attached to an aromatic ring is 1. The number of anilines is 2. The molecule has 2 aromatic heterocycles. The molecule has 0 bridgehead atoms. The van der Waals surface area contributed by atoms with Crippen molar-refractivity contribution in [3.63, 3.8) is 0 Å². The van der Waals surface area contributed by atoms with Crippen LogP contribution in [0.1, 0.15) is 64.3 Å². The first kappa shape index (κ1) is 34.9. The number of piperazine rings is 1. The maximum atomic E-state index is 16.7. The number of hydrogen-bond donors (Lipinski definition) is 1. The van der Waals surface area contributed by atoms with E-state index in [9.17, 15) is 4.79 Å². The van der Waals surface area contributed by atoms with Crippen LogP contribution >= 0.6 is 34.8 Å². The second-order valence-electron chi connectivity index (χ2n) is 13.0. The smallest absolute Gasteiger partial charge is 0.300 e. The monoisotopic (exact) mass is 730 g/mol. The third-order valence-corrected chi connectivity index (χ3v) is 10.2. The van der Waals surface area contributed by atoms with Crippen LogP contribution in [0.25, 0.3) is 27.7 Å². The van der Waals surface area contributed by atoms with Gasteiger partial charge in [-0.3, -0.25) is 14.2 Å². The number of benzene rings is 2. The molecule has 4 heterocycles. The largest absolute Gasteiger partial charge is 0.486 e.